The second-order valence-corrected chi connectivity index (χ2v) is 6.24. The number of rotatable bonds is 3. The summed E-state index contributed by atoms with van der Waals surface area (Å²) in [4.78, 5) is 6.73. The molecule has 2 aliphatic heterocycles. The first-order valence-corrected chi connectivity index (χ1v) is 8.39. The van der Waals surface area contributed by atoms with Crippen molar-refractivity contribution in [1.82, 2.24) is 20.0 Å². The number of guanidine groups is 1. The largest absolute Gasteiger partial charge is 0.381 e. The first-order chi connectivity index (χ1) is 11.3. The molecule has 2 aliphatic rings. The van der Waals surface area contributed by atoms with E-state index in [1.807, 2.05) is 31.2 Å². The van der Waals surface area contributed by atoms with Gasteiger partial charge in [-0.05, 0) is 18.8 Å². The van der Waals surface area contributed by atoms with Crippen molar-refractivity contribution in [3.63, 3.8) is 0 Å². The van der Waals surface area contributed by atoms with Gasteiger partial charge in [0.1, 0.15) is 6.10 Å². The number of aromatic nitrogens is 2. The number of ether oxygens (including phenoxy) is 2. The zero-order valence-electron chi connectivity index (χ0n) is 14.1. The van der Waals surface area contributed by atoms with E-state index in [-0.39, 0.29) is 6.10 Å². The van der Waals surface area contributed by atoms with Gasteiger partial charge in [-0.25, -0.2) is 0 Å². The zero-order valence-corrected chi connectivity index (χ0v) is 14.1. The highest BCUT2D eigenvalue weighted by Crippen LogP contribution is 2.21. The quantitative estimate of drug-likeness (QED) is 0.659. The SMILES string of the molecule is CN=C(NCC1CCOCC1)N1CCOC(c2cnn(C)c2)C1. The lowest BCUT2D eigenvalue weighted by Crippen LogP contribution is -2.49. The van der Waals surface area contributed by atoms with Crippen molar-refractivity contribution in [3.05, 3.63) is 18.0 Å². The molecule has 128 valence electrons. The molecule has 0 bridgehead atoms. The van der Waals surface area contributed by atoms with E-state index in [0.717, 1.165) is 57.2 Å². The smallest absolute Gasteiger partial charge is 0.193 e. The van der Waals surface area contributed by atoms with E-state index in [1.54, 1.807) is 0 Å². The summed E-state index contributed by atoms with van der Waals surface area (Å²) in [5.74, 6) is 1.64. The minimum atomic E-state index is 0.0547. The van der Waals surface area contributed by atoms with Crippen molar-refractivity contribution in [2.45, 2.75) is 18.9 Å². The van der Waals surface area contributed by atoms with Gasteiger partial charge >= 0.3 is 0 Å². The van der Waals surface area contributed by atoms with Crippen LogP contribution in [0.25, 0.3) is 0 Å². The molecule has 23 heavy (non-hydrogen) atoms. The molecule has 1 aromatic heterocycles. The number of morpholine rings is 1. The molecule has 0 amide bonds. The molecule has 1 aromatic rings. The van der Waals surface area contributed by atoms with E-state index in [4.69, 9.17) is 9.47 Å². The van der Waals surface area contributed by atoms with E-state index in [1.165, 1.54) is 0 Å². The summed E-state index contributed by atoms with van der Waals surface area (Å²) in [5.41, 5.74) is 1.12. The summed E-state index contributed by atoms with van der Waals surface area (Å²) in [6.45, 7) is 5.10. The van der Waals surface area contributed by atoms with Crippen molar-refractivity contribution < 1.29 is 9.47 Å². The van der Waals surface area contributed by atoms with Gasteiger partial charge < -0.3 is 19.7 Å². The van der Waals surface area contributed by atoms with Crippen LogP contribution in [0.2, 0.25) is 0 Å². The molecule has 1 unspecified atom stereocenters. The van der Waals surface area contributed by atoms with E-state index in [0.29, 0.717) is 12.5 Å². The maximum Gasteiger partial charge on any atom is 0.193 e. The molecule has 0 aromatic carbocycles. The predicted molar refractivity (Wildman–Crippen MR) is 88.4 cm³/mol. The number of nitrogens with one attached hydrogen (secondary N) is 1. The Bertz CT molecular complexity index is 524. The third kappa shape index (κ3) is 4.23. The maximum absolute atomic E-state index is 5.90. The highest BCUT2D eigenvalue weighted by Gasteiger charge is 2.25. The molecule has 0 aliphatic carbocycles. The molecule has 2 saturated heterocycles. The summed E-state index contributed by atoms with van der Waals surface area (Å²) in [5, 5.41) is 7.77. The van der Waals surface area contributed by atoms with Crippen LogP contribution in [0.5, 0.6) is 0 Å². The van der Waals surface area contributed by atoms with Crippen LogP contribution in [0.3, 0.4) is 0 Å². The first kappa shape index (κ1) is 16.3. The first-order valence-electron chi connectivity index (χ1n) is 8.39. The van der Waals surface area contributed by atoms with E-state index in [2.05, 4.69) is 20.3 Å². The van der Waals surface area contributed by atoms with Gasteiger partial charge in [0.05, 0.1) is 19.3 Å². The van der Waals surface area contributed by atoms with Crippen LogP contribution in [0.1, 0.15) is 24.5 Å². The molecule has 2 fully saturated rings. The van der Waals surface area contributed by atoms with Crippen LogP contribution in [-0.4, -0.2) is 67.1 Å². The summed E-state index contributed by atoms with van der Waals surface area (Å²) >= 11 is 0. The second kappa shape index (κ2) is 7.79. The monoisotopic (exact) mass is 321 g/mol. The molecule has 7 nitrogen and oxygen atoms in total. The lowest BCUT2D eigenvalue weighted by atomic mass is 10.0. The Morgan fingerprint density at radius 1 is 1.39 bits per heavy atom. The third-order valence-corrected chi connectivity index (χ3v) is 4.56. The van der Waals surface area contributed by atoms with E-state index < -0.39 is 0 Å². The van der Waals surface area contributed by atoms with Crippen LogP contribution in [0, 0.1) is 5.92 Å². The summed E-state index contributed by atoms with van der Waals surface area (Å²) in [6.07, 6.45) is 6.22. The molecule has 0 spiro atoms. The molecule has 3 heterocycles. The van der Waals surface area contributed by atoms with Gasteiger partial charge in [-0.3, -0.25) is 9.67 Å². The van der Waals surface area contributed by atoms with Crippen molar-refractivity contribution in [3.8, 4) is 0 Å². The minimum absolute atomic E-state index is 0.0547. The van der Waals surface area contributed by atoms with Gasteiger partial charge in [-0.1, -0.05) is 0 Å². The van der Waals surface area contributed by atoms with Gasteiger partial charge in [-0.2, -0.15) is 5.10 Å². The fourth-order valence-electron chi connectivity index (χ4n) is 3.17. The summed E-state index contributed by atoms with van der Waals surface area (Å²) in [7, 11) is 3.78. The topological polar surface area (TPSA) is 63.9 Å². The fourth-order valence-corrected chi connectivity index (χ4v) is 3.17. The van der Waals surface area contributed by atoms with Gasteiger partial charge in [0.2, 0.25) is 0 Å². The predicted octanol–water partition coefficient (Wildman–Crippen LogP) is 0.795. The Balaban J connectivity index is 1.55. The number of hydrogen-bond donors (Lipinski definition) is 1. The molecular formula is C16H27N5O2. The lowest BCUT2D eigenvalue weighted by molar-refractivity contribution is -0.00822. The van der Waals surface area contributed by atoms with Gasteiger partial charge in [0, 0.05) is 52.2 Å². The molecule has 3 rings (SSSR count). The Morgan fingerprint density at radius 2 is 2.22 bits per heavy atom. The van der Waals surface area contributed by atoms with Crippen LogP contribution in [-0.2, 0) is 16.5 Å². The Morgan fingerprint density at radius 3 is 2.91 bits per heavy atom. The van der Waals surface area contributed by atoms with Gasteiger partial charge in [0.15, 0.2) is 5.96 Å². The van der Waals surface area contributed by atoms with Gasteiger partial charge in [0.25, 0.3) is 0 Å². The molecule has 7 heteroatoms. The Kier molecular flexibility index (Phi) is 5.51. The molecule has 1 N–H and O–H groups in total. The average molecular weight is 321 g/mol. The summed E-state index contributed by atoms with van der Waals surface area (Å²) in [6, 6.07) is 0. The van der Waals surface area contributed by atoms with E-state index in [9.17, 15) is 0 Å². The fraction of sp³-hybridized carbons (Fsp3) is 0.750. The van der Waals surface area contributed by atoms with Crippen LogP contribution in [0.15, 0.2) is 17.4 Å². The summed E-state index contributed by atoms with van der Waals surface area (Å²) < 4.78 is 13.1. The highest BCUT2D eigenvalue weighted by atomic mass is 16.5. The molecular weight excluding hydrogens is 294 g/mol. The average Bonchev–Trinajstić information content (AvgIpc) is 3.03. The third-order valence-electron chi connectivity index (χ3n) is 4.56. The van der Waals surface area contributed by atoms with Crippen LogP contribution in [0.4, 0.5) is 0 Å². The lowest BCUT2D eigenvalue weighted by Gasteiger charge is -2.35. The Hall–Kier alpha value is -1.60. The zero-order chi connectivity index (χ0) is 16.1. The van der Waals surface area contributed by atoms with Crippen molar-refractivity contribution in [2.24, 2.45) is 18.0 Å². The number of nitrogens with zero attached hydrogens (tertiary/aromatic N) is 4. The van der Waals surface area contributed by atoms with Crippen molar-refractivity contribution in [2.75, 3.05) is 46.5 Å². The highest BCUT2D eigenvalue weighted by molar-refractivity contribution is 5.80. The number of aliphatic imine (C=N–C) groups is 1. The number of hydrogen-bond acceptors (Lipinski definition) is 4. The minimum Gasteiger partial charge on any atom is -0.381 e. The van der Waals surface area contributed by atoms with Crippen LogP contribution < -0.4 is 5.32 Å². The Labute approximate surface area is 137 Å². The normalized spacial score (nSPS) is 24.0. The number of aryl methyl sites for hydroxylation is 1. The molecule has 0 radical (unpaired) electrons. The van der Waals surface area contributed by atoms with Gasteiger partial charge in [-0.15, -0.1) is 0 Å². The van der Waals surface area contributed by atoms with E-state index >= 15 is 0 Å². The van der Waals surface area contributed by atoms with Crippen molar-refractivity contribution >= 4 is 5.96 Å². The molecule has 1 atom stereocenters. The standard InChI is InChI=1S/C16H27N5O2/c1-17-16(18-9-13-3-6-22-7-4-13)21-5-8-23-15(12-21)14-10-19-20(2)11-14/h10-11,13,15H,3-9,12H2,1-2H3,(H,17,18). The molecule has 0 saturated carbocycles. The van der Waals surface area contributed by atoms with Crippen molar-refractivity contribution in [1.29, 1.82) is 0 Å². The van der Waals surface area contributed by atoms with Crippen LogP contribution >= 0.6 is 0 Å². The maximum atomic E-state index is 5.90. The second-order valence-electron chi connectivity index (χ2n) is 6.24.